The minimum absolute atomic E-state index is 0.512. The number of carbonyl (C=O) groups excluding carboxylic acids is 1. The summed E-state index contributed by atoms with van der Waals surface area (Å²) < 4.78 is 30.3. The number of rotatable bonds is 6. The number of ether oxygens (including phenoxy) is 1. The number of carbonyl (C=O) groups is 2. The van der Waals surface area contributed by atoms with Gasteiger partial charge >= 0.3 is 22.3 Å². The molecule has 0 spiro atoms. The van der Waals surface area contributed by atoms with Gasteiger partial charge in [0.25, 0.3) is 0 Å². The zero-order valence-corrected chi connectivity index (χ0v) is 10.9. The lowest BCUT2D eigenvalue weighted by Gasteiger charge is -2.18. The van der Waals surface area contributed by atoms with Crippen LogP contribution in [0, 0.1) is 0 Å². The fourth-order valence-corrected chi connectivity index (χ4v) is 1.51. The molecule has 9 nitrogen and oxygen atoms in total. The molecule has 0 bridgehead atoms. The molecule has 0 radical (unpaired) electrons. The van der Waals surface area contributed by atoms with Crippen molar-refractivity contribution in [3.05, 3.63) is 0 Å². The number of aliphatic hydroxyl groups is 1. The lowest BCUT2D eigenvalue weighted by molar-refractivity contribution is -0.155. The smallest absolute Gasteiger partial charge is 0.422 e. The molecule has 18 heavy (non-hydrogen) atoms. The Morgan fingerprint density at radius 2 is 1.89 bits per heavy atom. The van der Waals surface area contributed by atoms with Crippen LogP contribution >= 0.6 is 0 Å². The fourth-order valence-electron chi connectivity index (χ4n) is 0.695. The molecule has 0 aliphatic carbocycles. The average Bonchev–Trinajstić information content (AvgIpc) is 2.12. The topological polar surface area (TPSA) is 142 Å². The summed E-state index contributed by atoms with van der Waals surface area (Å²) in [5, 5.41) is 17.8. The van der Waals surface area contributed by atoms with Gasteiger partial charge < -0.3 is 14.9 Å². The van der Waals surface area contributed by atoms with Crippen molar-refractivity contribution in [1.29, 1.82) is 0 Å². The SMILES string of the molecule is CC(C)OC(=O)NS(=O)(=O)NCC(C)(O)C(=O)O. The predicted molar refractivity (Wildman–Crippen MR) is 59.9 cm³/mol. The molecule has 0 aromatic rings. The number of nitrogens with one attached hydrogen (secondary N) is 2. The van der Waals surface area contributed by atoms with Crippen LogP contribution in [-0.4, -0.2) is 48.9 Å². The molecule has 0 rings (SSSR count). The summed E-state index contributed by atoms with van der Waals surface area (Å²) >= 11 is 0. The maximum Gasteiger partial charge on any atom is 0.422 e. The fraction of sp³-hybridized carbons (Fsp3) is 0.750. The first-order valence-electron chi connectivity index (χ1n) is 4.90. The molecule has 4 N–H and O–H groups in total. The third-order valence-corrected chi connectivity index (χ3v) is 2.59. The second kappa shape index (κ2) is 5.98. The normalized spacial score (nSPS) is 14.9. The van der Waals surface area contributed by atoms with Gasteiger partial charge in [-0.05, 0) is 20.8 Å². The van der Waals surface area contributed by atoms with Crippen LogP contribution in [0.2, 0.25) is 0 Å². The summed E-state index contributed by atoms with van der Waals surface area (Å²) in [5.41, 5.74) is -2.28. The highest BCUT2D eigenvalue weighted by Crippen LogP contribution is 2.01. The van der Waals surface area contributed by atoms with Gasteiger partial charge in [-0.3, -0.25) is 0 Å². The van der Waals surface area contributed by atoms with Crippen molar-refractivity contribution in [3.63, 3.8) is 0 Å². The summed E-state index contributed by atoms with van der Waals surface area (Å²) in [6.45, 7) is 3.15. The van der Waals surface area contributed by atoms with E-state index in [9.17, 15) is 23.1 Å². The molecule has 0 heterocycles. The van der Waals surface area contributed by atoms with Crippen LogP contribution in [0.4, 0.5) is 4.79 Å². The molecule has 0 aromatic heterocycles. The molecule has 0 saturated carbocycles. The van der Waals surface area contributed by atoms with E-state index in [2.05, 4.69) is 4.74 Å². The quantitative estimate of drug-likeness (QED) is 0.479. The Labute approximate surface area is 104 Å². The Morgan fingerprint density at radius 3 is 2.28 bits per heavy atom. The molecule has 10 heteroatoms. The lowest BCUT2D eigenvalue weighted by Crippen LogP contribution is -2.50. The van der Waals surface area contributed by atoms with Gasteiger partial charge in [-0.25, -0.2) is 14.3 Å². The van der Waals surface area contributed by atoms with Gasteiger partial charge in [0.15, 0.2) is 5.60 Å². The molecule has 1 unspecified atom stereocenters. The number of hydrogen-bond acceptors (Lipinski definition) is 6. The highest BCUT2D eigenvalue weighted by atomic mass is 32.2. The minimum atomic E-state index is -4.29. The number of carboxylic acid groups (broad SMARTS) is 1. The standard InChI is InChI=1S/C8H16N2O7S/c1-5(2)17-7(13)10-18(15,16)9-4-8(3,14)6(11)12/h5,9,14H,4H2,1-3H3,(H,10,13)(H,11,12). The molecule has 1 atom stereocenters. The molecule has 1 amide bonds. The first-order chi connectivity index (χ1) is 7.96. The summed E-state index contributed by atoms with van der Waals surface area (Å²) in [6.07, 6.45) is -1.71. The summed E-state index contributed by atoms with van der Waals surface area (Å²) in [7, 11) is -4.29. The second-order valence-corrected chi connectivity index (χ2v) is 5.46. The van der Waals surface area contributed by atoms with Crippen molar-refractivity contribution in [3.8, 4) is 0 Å². The van der Waals surface area contributed by atoms with E-state index in [0.717, 1.165) is 6.92 Å². The Hall–Kier alpha value is -1.39. The van der Waals surface area contributed by atoms with Crippen LogP contribution in [0.15, 0.2) is 0 Å². The zero-order chi connectivity index (χ0) is 14.6. The number of carboxylic acids is 1. The van der Waals surface area contributed by atoms with E-state index in [-0.39, 0.29) is 0 Å². The van der Waals surface area contributed by atoms with Gasteiger partial charge in [-0.1, -0.05) is 0 Å². The molecule has 0 aliphatic rings. The molecular formula is C8H16N2O7S. The zero-order valence-electron chi connectivity index (χ0n) is 10.1. The van der Waals surface area contributed by atoms with Crippen molar-refractivity contribution in [2.75, 3.05) is 6.54 Å². The maximum atomic E-state index is 11.3. The van der Waals surface area contributed by atoms with Crippen LogP contribution in [0.5, 0.6) is 0 Å². The first kappa shape index (κ1) is 16.6. The van der Waals surface area contributed by atoms with Crippen LogP contribution in [0.1, 0.15) is 20.8 Å². The number of amides is 1. The summed E-state index contributed by atoms with van der Waals surface area (Å²) in [6, 6.07) is 0. The van der Waals surface area contributed by atoms with Crippen molar-refractivity contribution in [2.24, 2.45) is 0 Å². The first-order valence-corrected chi connectivity index (χ1v) is 6.38. The van der Waals surface area contributed by atoms with Crippen LogP contribution in [0.3, 0.4) is 0 Å². The van der Waals surface area contributed by atoms with E-state index < -0.39 is 40.5 Å². The Bertz CT molecular complexity index is 415. The van der Waals surface area contributed by atoms with Gasteiger partial charge in [0.2, 0.25) is 0 Å². The largest absolute Gasteiger partial charge is 0.479 e. The van der Waals surface area contributed by atoms with E-state index in [1.54, 1.807) is 4.72 Å². The monoisotopic (exact) mass is 284 g/mol. The van der Waals surface area contributed by atoms with E-state index in [1.165, 1.54) is 18.6 Å². The van der Waals surface area contributed by atoms with E-state index in [4.69, 9.17) is 5.11 Å². The lowest BCUT2D eigenvalue weighted by atomic mass is 10.1. The third-order valence-electron chi connectivity index (χ3n) is 1.63. The van der Waals surface area contributed by atoms with Gasteiger partial charge in [0.1, 0.15) is 0 Å². The van der Waals surface area contributed by atoms with Gasteiger partial charge in [-0.2, -0.15) is 13.1 Å². The van der Waals surface area contributed by atoms with Crippen molar-refractivity contribution >= 4 is 22.3 Å². The highest BCUT2D eigenvalue weighted by Gasteiger charge is 2.31. The molecule has 0 saturated heterocycles. The second-order valence-electron chi connectivity index (χ2n) is 3.96. The molecular weight excluding hydrogens is 268 g/mol. The average molecular weight is 284 g/mol. The van der Waals surface area contributed by atoms with Crippen molar-refractivity contribution < 1.29 is 33.0 Å². The highest BCUT2D eigenvalue weighted by molar-refractivity contribution is 7.88. The Morgan fingerprint density at radius 1 is 1.39 bits per heavy atom. The molecule has 0 fully saturated rings. The number of aliphatic carboxylic acids is 1. The van der Waals surface area contributed by atoms with Crippen LogP contribution in [-0.2, 0) is 19.7 Å². The summed E-state index contributed by atoms with van der Waals surface area (Å²) in [5.74, 6) is -1.60. The maximum absolute atomic E-state index is 11.3. The van der Waals surface area contributed by atoms with Crippen molar-refractivity contribution in [2.45, 2.75) is 32.5 Å². The minimum Gasteiger partial charge on any atom is -0.479 e. The third kappa shape index (κ3) is 6.37. The van der Waals surface area contributed by atoms with Crippen molar-refractivity contribution in [1.82, 2.24) is 9.44 Å². The predicted octanol–water partition coefficient (Wildman–Crippen LogP) is -1.21. The van der Waals surface area contributed by atoms with Gasteiger partial charge in [0.05, 0.1) is 12.6 Å². The van der Waals surface area contributed by atoms with Gasteiger partial charge in [0, 0.05) is 0 Å². The molecule has 0 aromatic carbocycles. The van der Waals surface area contributed by atoms with Crippen LogP contribution in [0.25, 0.3) is 0 Å². The Balaban J connectivity index is 4.42. The van der Waals surface area contributed by atoms with Crippen LogP contribution < -0.4 is 9.44 Å². The summed E-state index contributed by atoms with van der Waals surface area (Å²) in [4.78, 5) is 21.5. The van der Waals surface area contributed by atoms with E-state index >= 15 is 0 Å². The number of hydrogen-bond donors (Lipinski definition) is 4. The molecule has 106 valence electrons. The Kier molecular flexibility index (Phi) is 5.52. The van der Waals surface area contributed by atoms with E-state index in [0.29, 0.717) is 0 Å². The van der Waals surface area contributed by atoms with Gasteiger partial charge in [-0.15, -0.1) is 0 Å². The van der Waals surface area contributed by atoms with E-state index in [1.807, 2.05) is 0 Å². The molecule has 0 aliphatic heterocycles.